The van der Waals surface area contributed by atoms with E-state index < -0.39 is 10.0 Å². The Kier molecular flexibility index (Phi) is 3.72. The summed E-state index contributed by atoms with van der Waals surface area (Å²) in [5.74, 6) is 0. The summed E-state index contributed by atoms with van der Waals surface area (Å²) in [7, 11) is -3.51. The summed E-state index contributed by atoms with van der Waals surface area (Å²) in [6.45, 7) is 0. The number of halogens is 1. The zero-order chi connectivity index (χ0) is 14.2. The van der Waals surface area contributed by atoms with Crippen LogP contribution in [0.1, 0.15) is 17.5 Å². The molecule has 2 aromatic rings. The van der Waals surface area contributed by atoms with E-state index in [4.69, 9.17) is 0 Å². The Morgan fingerprint density at radius 2 is 1.75 bits per heavy atom. The Labute approximate surface area is 132 Å². The highest BCUT2D eigenvalue weighted by atomic mass is 127. The van der Waals surface area contributed by atoms with Crippen molar-refractivity contribution in [2.24, 2.45) is 0 Å². The zero-order valence-corrected chi connectivity index (χ0v) is 13.7. The molecule has 0 amide bonds. The van der Waals surface area contributed by atoms with Crippen molar-refractivity contribution in [2.45, 2.75) is 24.2 Å². The van der Waals surface area contributed by atoms with E-state index in [-0.39, 0.29) is 0 Å². The van der Waals surface area contributed by atoms with Crippen molar-refractivity contribution >= 4 is 38.3 Å². The summed E-state index contributed by atoms with van der Waals surface area (Å²) in [5.41, 5.74) is 3.06. The molecular weight excluding hydrogens is 385 g/mol. The van der Waals surface area contributed by atoms with Crippen molar-refractivity contribution in [1.29, 1.82) is 0 Å². The molecule has 20 heavy (non-hydrogen) atoms. The van der Waals surface area contributed by atoms with Gasteiger partial charge < -0.3 is 0 Å². The molecule has 0 radical (unpaired) electrons. The SMILES string of the molecule is O=S(=O)(Nc1ccccc1I)c1ccc2c(c1)CCC2. The molecule has 0 heterocycles. The monoisotopic (exact) mass is 399 g/mol. The number of rotatable bonds is 3. The van der Waals surface area contributed by atoms with Crippen molar-refractivity contribution in [3.05, 3.63) is 57.2 Å². The molecule has 3 rings (SSSR count). The molecule has 3 nitrogen and oxygen atoms in total. The van der Waals surface area contributed by atoms with Gasteiger partial charge in [0.2, 0.25) is 0 Å². The number of hydrogen-bond donors (Lipinski definition) is 1. The van der Waals surface area contributed by atoms with Crippen LogP contribution in [0.25, 0.3) is 0 Å². The minimum atomic E-state index is -3.51. The minimum absolute atomic E-state index is 0.345. The van der Waals surface area contributed by atoms with Gasteiger partial charge in [0.15, 0.2) is 0 Å². The van der Waals surface area contributed by atoms with Crippen LogP contribution < -0.4 is 4.72 Å². The van der Waals surface area contributed by atoms with E-state index in [0.29, 0.717) is 10.6 Å². The first-order valence-corrected chi connectivity index (χ1v) is 9.01. The molecule has 0 aliphatic heterocycles. The van der Waals surface area contributed by atoms with Gasteiger partial charge in [-0.15, -0.1) is 0 Å². The van der Waals surface area contributed by atoms with E-state index in [1.807, 2.05) is 24.3 Å². The molecule has 104 valence electrons. The van der Waals surface area contributed by atoms with Crippen molar-refractivity contribution in [2.75, 3.05) is 4.72 Å². The van der Waals surface area contributed by atoms with Gasteiger partial charge in [-0.05, 0) is 77.2 Å². The summed E-state index contributed by atoms with van der Waals surface area (Å²) >= 11 is 2.12. The first-order chi connectivity index (χ1) is 9.56. The molecule has 0 spiro atoms. The van der Waals surface area contributed by atoms with Gasteiger partial charge in [-0.2, -0.15) is 0 Å². The molecule has 2 aromatic carbocycles. The molecule has 0 saturated heterocycles. The second kappa shape index (κ2) is 5.37. The van der Waals surface area contributed by atoms with Crippen molar-refractivity contribution in [1.82, 2.24) is 0 Å². The predicted octanol–water partition coefficient (Wildman–Crippen LogP) is 3.58. The van der Waals surface area contributed by atoms with Crippen LogP contribution in [-0.2, 0) is 22.9 Å². The molecule has 0 unspecified atom stereocenters. The Morgan fingerprint density at radius 1 is 1.00 bits per heavy atom. The molecule has 0 fully saturated rings. The molecule has 0 bridgehead atoms. The molecule has 5 heteroatoms. The van der Waals surface area contributed by atoms with Gasteiger partial charge in [0.25, 0.3) is 10.0 Å². The lowest BCUT2D eigenvalue weighted by atomic mass is 10.1. The number of hydrogen-bond acceptors (Lipinski definition) is 2. The van der Waals surface area contributed by atoms with Crippen LogP contribution in [0.5, 0.6) is 0 Å². The largest absolute Gasteiger partial charge is 0.279 e. The third-order valence-corrected chi connectivity index (χ3v) is 5.80. The Balaban J connectivity index is 1.94. The summed E-state index contributed by atoms with van der Waals surface area (Å²) in [6, 6.07) is 12.8. The Morgan fingerprint density at radius 3 is 2.55 bits per heavy atom. The molecule has 1 N–H and O–H groups in total. The maximum absolute atomic E-state index is 12.4. The first kappa shape index (κ1) is 13.9. The lowest BCUT2D eigenvalue weighted by molar-refractivity contribution is 0.601. The van der Waals surface area contributed by atoms with Crippen LogP contribution in [0.4, 0.5) is 5.69 Å². The van der Waals surface area contributed by atoms with Gasteiger partial charge in [-0.3, -0.25) is 4.72 Å². The van der Waals surface area contributed by atoms with Crippen molar-refractivity contribution in [3.63, 3.8) is 0 Å². The number of nitrogens with one attached hydrogen (secondary N) is 1. The molecular formula is C15H14INO2S. The molecule has 0 aromatic heterocycles. The maximum atomic E-state index is 12.4. The Hall–Kier alpha value is -1.08. The van der Waals surface area contributed by atoms with Gasteiger partial charge in [0.05, 0.1) is 10.6 Å². The zero-order valence-electron chi connectivity index (χ0n) is 10.8. The maximum Gasteiger partial charge on any atom is 0.261 e. The fourth-order valence-corrected chi connectivity index (χ4v) is 4.30. The smallest absolute Gasteiger partial charge is 0.261 e. The van der Waals surface area contributed by atoms with Crippen LogP contribution in [0.3, 0.4) is 0 Å². The van der Waals surface area contributed by atoms with E-state index in [9.17, 15) is 8.42 Å². The fraction of sp³-hybridized carbons (Fsp3) is 0.200. The highest BCUT2D eigenvalue weighted by Gasteiger charge is 2.19. The summed E-state index contributed by atoms with van der Waals surface area (Å²) in [4.78, 5) is 0.345. The average Bonchev–Trinajstić information content (AvgIpc) is 2.88. The van der Waals surface area contributed by atoms with E-state index >= 15 is 0 Å². The standard InChI is InChI=1S/C15H14INO2S/c16-14-6-1-2-7-15(14)17-20(18,19)13-9-8-11-4-3-5-12(11)10-13/h1-2,6-10,17H,3-5H2. The van der Waals surface area contributed by atoms with E-state index in [1.54, 1.807) is 18.2 Å². The second-order valence-corrected chi connectivity index (χ2v) is 7.71. The van der Waals surface area contributed by atoms with Crippen LogP contribution in [0, 0.1) is 3.57 Å². The lowest BCUT2D eigenvalue weighted by Crippen LogP contribution is -2.14. The minimum Gasteiger partial charge on any atom is -0.279 e. The lowest BCUT2D eigenvalue weighted by Gasteiger charge is -2.10. The number of anilines is 1. The predicted molar refractivity (Wildman–Crippen MR) is 88.4 cm³/mol. The molecule has 1 aliphatic carbocycles. The van der Waals surface area contributed by atoms with E-state index in [0.717, 1.165) is 28.4 Å². The number of aryl methyl sites for hydroxylation is 2. The van der Waals surface area contributed by atoms with Gasteiger partial charge in [-0.25, -0.2) is 8.42 Å². The van der Waals surface area contributed by atoms with Gasteiger partial charge in [0, 0.05) is 3.57 Å². The Bertz CT molecular complexity index is 756. The first-order valence-electron chi connectivity index (χ1n) is 6.45. The van der Waals surface area contributed by atoms with E-state index in [2.05, 4.69) is 27.3 Å². The quantitative estimate of drug-likeness (QED) is 0.803. The normalized spacial score (nSPS) is 14.1. The number of benzene rings is 2. The topological polar surface area (TPSA) is 46.2 Å². The molecule has 1 aliphatic rings. The van der Waals surface area contributed by atoms with Crippen molar-refractivity contribution < 1.29 is 8.42 Å². The van der Waals surface area contributed by atoms with Gasteiger partial charge in [-0.1, -0.05) is 18.2 Å². The van der Waals surface area contributed by atoms with Crippen LogP contribution in [0.2, 0.25) is 0 Å². The second-order valence-electron chi connectivity index (χ2n) is 4.87. The number of para-hydroxylation sites is 1. The summed E-state index contributed by atoms with van der Waals surface area (Å²) < 4.78 is 28.4. The summed E-state index contributed by atoms with van der Waals surface area (Å²) in [6.07, 6.45) is 3.14. The van der Waals surface area contributed by atoms with Gasteiger partial charge in [0.1, 0.15) is 0 Å². The summed E-state index contributed by atoms with van der Waals surface area (Å²) in [5, 5.41) is 0. The third-order valence-electron chi connectivity index (χ3n) is 3.50. The average molecular weight is 399 g/mol. The van der Waals surface area contributed by atoms with Crippen LogP contribution in [-0.4, -0.2) is 8.42 Å². The van der Waals surface area contributed by atoms with Crippen LogP contribution in [0.15, 0.2) is 47.4 Å². The fourth-order valence-electron chi connectivity index (χ4n) is 2.46. The highest BCUT2D eigenvalue weighted by molar-refractivity contribution is 14.1. The molecule has 0 saturated carbocycles. The van der Waals surface area contributed by atoms with Crippen LogP contribution >= 0.6 is 22.6 Å². The molecule has 0 atom stereocenters. The van der Waals surface area contributed by atoms with Gasteiger partial charge >= 0.3 is 0 Å². The third kappa shape index (κ3) is 2.69. The van der Waals surface area contributed by atoms with Crippen molar-refractivity contribution in [3.8, 4) is 0 Å². The number of fused-ring (bicyclic) bond motifs is 1. The number of sulfonamides is 1. The highest BCUT2D eigenvalue weighted by Crippen LogP contribution is 2.26. The van der Waals surface area contributed by atoms with E-state index in [1.165, 1.54) is 5.56 Å².